The maximum absolute atomic E-state index is 13.0. The van der Waals surface area contributed by atoms with Crippen molar-refractivity contribution in [3.8, 4) is 33.4 Å². The third-order valence-corrected chi connectivity index (χ3v) is 19.2. The van der Waals surface area contributed by atoms with Crippen LogP contribution in [0.25, 0.3) is 64.0 Å². The Hall–Kier alpha value is -6.93. The van der Waals surface area contributed by atoms with Crippen LogP contribution in [-0.2, 0) is 62.1 Å². The predicted molar refractivity (Wildman–Crippen MR) is 408 cm³/mol. The number of thiazole rings is 3. The van der Waals surface area contributed by atoms with Gasteiger partial charge in [0.25, 0.3) is 0 Å². The number of aryl methyl sites for hydroxylation is 3. The molecule has 105 heavy (non-hydrogen) atoms. The van der Waals surface area contributed by atoms with Gasteiger partial charge < -0.3 is 30.5 Å². The Morgan fingerprint density at radius 3 is 1.43 bits per heavy atom. The molecule has 2 aliphatic heterocycles. The molecular formula is C68H60B4BrCl4F2N8O14S3U-. The Bertz CT molecular complexity index is 4910. The fourth-order valence-electron chi connectivity index (χ4n) is 10.2. The summed E-state index contributed by atoms with van der Waals surface area (Å²) < 4.78 is 53.3. The van der Waals surface area contributed by atoms with Gasteiger partial charge in [-0.15, -0.1) is 46.4 Å². The predicted octanol–water partition coefficient (Wildman–Crippen LogP) is 14.2. The van der Waals surface area contributed by atoms with Gasteiger partial charge in [-0.3, -0.25) is 4.79 Å². The van der Waals surface area contributed by atoms with Crippen molar-refractivity contribution in [3.63, 3.8) is 0 Å². The van der Waals surface area contributed by atoms with E-state index >= 15 is 0 Å². The number of carboxylic acid groups (broad SMARTS) is 2. The zero-order chi connectivity index (χ0) is 75.0. The molecule has 6 aromatic heterocycles. The van der Waals surface area contributed by atoms with Crippen molar-refractivity contribution in [1.29, 1.82) is 1.34 Å². The van der Waals surface area contributed by atoms with E-state index in [1.165, 1.54) is 28.0 Å². The minimum atomic E-state index is -2.04. The molecule has 22 nitrogen and oxygen atoms in total. The van der Waals surface area contributed by atoms with Gasteiger partial charge in [-0.25, -0.2) is 34.7 Å². The van der Waals surface area contributed by atoms with Crippen molar-refractivity contribution in [3.05, 3.63) is 234 Å². The van der Waals surface area contributed by atoms with Crippen LogP contribution in [0.1, 0.15) is 55.7 Å². The molecule has 0 bridgehead atoms. The van der Waals surface area contributed by atoms with E-state index in [2.05, 4.69) is 123 Å². The van der Waals surface area contributed by atoms with E-state index in [1.807, 2.05) is 105 Å². The first-order chi connectivity index (χ1) is 50.0. The van der Waals surface area contributed by atoms with Crippen LogP contribution in [0.15, 0.2) is 164 Å². The number of aromatic nitrogens is 6. The van der Waals surface area contributed by atoms with Crippen LogP contribution in [0.3, 0.4) is 0 Å². The molecule has 540 valence electrons. The third kappa shape index (κ3) is 25.3. The van der Waals surface area contributed by atoms with Crippen LogP contribution >= 0.6 is 97.2 Å². The molecule has 2 aliphatic rings. The molecule has 0 saturated carbocycles. The Labute approximate surface area is 669 Å². The van der Waals surface area contributed by atoms with Crippen LogP contribution in [0.4, 0.5) is 14.6 Å². The Kier molecular flexibility index (Phi) is 34.6. The fraction of sp³-hybridized carbons (Fsp3) is 0.176. The number of fused-ring (bicyclic) bond motifs is 3. The summed E-state index contributed by atoms with van der Waals surface area (Å²) in [6.45, 7) is 5.62. The molecule has 14 rings (SSSR count). The largest absolute Gasteiger partial charge is 0.490 e. The van der Waals surface area contributed by atoms with Gasteiger partial charge in [-0.05, 0) is 190 Å². The van der Waals surface area contributed by atoms with Crippen LogP contribution in [0.5, 0.6) is 0 Å². The van der Waals surface area contributed by atoms with E-state index < -0.39 is 43.7 Å². The van der Waals surface area contributed by atoms with E-state index in [0.717, 1.165) is 145 Å². The maximum atomic E-state index is 13.0. The number of halogens is 7. The van der Waals surface area contributed by atoms with Crippen molar-refractivity contribution in [2.24, 2.45) is 0 Å². The van der Waals surface area contributed by atoms with Crippen molar-refractivity contribution in [2.75, 3.05) is 18.0 Å². The number of pyridine rings is 3. The molecule has 2 fully saturated rings. The first-order valence-corrected chi connectivity index (χ1v) is 35.4. The molecule has 0 amide bonds. The van der Waals surface area contributed by atoms with Crippen molar-refractivity contribution in [1.82, 2.24) is 35.2 Å². The number of hydrogen-bond donors (Lipinski definition) is 6. The second kappa shape index (κ2) is 42.6. The fourth-order valence-corrected chi connectivity index (χ4v) is 13.9. The van der Waals surface area contributed by atoms with E-state index in [9.17, 15) is 32.9 Å². The number of alkyl halides is 1. The quantitative estimate of drug-likeness (QED) is 0.0116. The second-order valence-electron chi connectivity index (χ2n) is 22.3. The normalized spacial score (nSPS) is 13.0. The maximum Gasteiger partial charge on any atom is 0.490 e. The Morgan fingerprint density at radius 2 is 1.10 bits per heavy atom. The molecular weight excluding hydrogens is 1790 g/mol. The average Bonchev–Trinajstić information content (AvgIpc) is 1.60. The minimum Gasteiger partial charge on any atom is -0.480 e. The van der Waals surface area contributed by atoms with Crippen LogP contribution in [0.2, 0.25) is 15.1 Å². The molecule has 0 aliphatic carbocycles. The van der Waals surface area contributed by atoms with Gasteiger partial charge in [0.15, 0.2) is 0 Å². The topological polar surface area (TPSA) is 308 Å². The number of nitrogens with zero attached hydrogens (tertiary/aromatic N) is 7. The van der Waals surface area contributed by atoms with Gasteiger partial charge in [0, 0.05) is 107 Å². The second-order valence-corrected chi connectivity index (χ2v) is 27.9. The molecule has 12 aromatic rings. The molecule has 2 saturated heterocycles. The standard InChI is InChI=1S/C24H20ClN3O2S.C20H14ClFN2S.C15H11BrClNS.C5H5BFNO2.C4H7NO2.B2HO8.BH.ClH.U/c1-14-27-23-19(17-3-2-4-18(25)12-17)10-16(11-21(23)31-14)9-15-5-6-22(26-13-15)28-8-7-20(28)24(29)30;1-12-24-20-17(15-3-2-4-16(21)10-15)8-14(9-18(20)25-12)7-13-5-6-19(22)23-11-13;1-9-18-15-13(11-3-2-4-12(17)7-11)5-10(8-16)6-14(15)19-9;7-5-2-1-4(3-8-5)6(9)10;6-4(7)3-1-2-5-3;3-1-2(4)6-8-10-9-7-5;;;/h2-6,10-13,20H,7-9H2,1H3,(H,29,30);2-6,8-11H,7H2,1H3;2-7H,8H2,1H3;1-3,9-10H;3,5H,1-2H2,(H,6,7);5H;2*1H;/q;;;;;-1;;;/t20-;;;;3-;;;;/m0...0..../s1/i;;;;;;1D;;. The van der Waals surface area contributed by atoms with Gasteiger partial charge in [0.2, 0.25) is 11.9 Å². The SMILES string of the molecule is Cc1nc2c(-c3cccc(Cl)c3)cc(CBr)cc2s1.Cc1nc2c(-c3cccc(Cl)c3)cc(Cc3ccc(F)nc3)cc2s1.Cc1nc2c(-c3cccc(Cl)c3)cc(Cc3ccc(N4CC[C@H]4C(=O)O)nc3)cc2s1.Cl.O=B[B-](=O)OOOOOO.O=C(O)[C@@H]1CCN1.OB(O)c1ccc(F)nc1.[2H][B].[U]. The molecule has 2 atom stereocenters. The zero-order valence-electron chi connectivity index (χ0n) is 56.4. The van der Waals surface area contributed by atoms with Crippen molar-refractivity contribution < 1.29 is 109 Å². The summed E-state index contributed by atoms with van der Waals surface area (Å²) in [5.74, 6) is -1.90. The average molecular weight is 1850 g/mol. The van der Waals surface area contributed by atoms with Crippen LogP contribution in [0, 0.1) is 63.8 Å². The number of carbonyl (C=O) groups is 2. The summed E-state index contributed by atoms with van der Waals surface area (Å²) in [6.07, 6.45) is 7.36. The number of benzene rings is 6. The van der Waals surface area contributed by atoms with Gasteiger partial charge in [-0.1, -0.05) is 105 Å². The number of carboxylic acids is 2. The van der Waals surface area contributed by atoms with Gasteiger partial charge in [-0.2, -0.15) is 8.78 Å². The van der Waals surface area contributed by atoms with Crippen molar-refractivity contribution >= 4 is 180 Å². The number of aliphatic carboxylic acids is 2. The van der Waals surface area contributed by atoms with Gasteiger partial charge >= 0.3 is 72.4 Å². The summed E-state index contributed by atoms with van der Waals surface area (Å²) in [6, 6.07) is 45.3. The first-order valence-electron chi connectivity index (χ1n) is 31.2. The molecule has 8 heterocycles. The Morgan fingerprint density at radius 1 is 0.648 bits per heavy atom. The third-order valence-electron chi connectivity index (χ3n) is 15.1. The molecule has 2 radical (unpaired) electrons. The van der Waals surface area contributed by atoms with E-state index in [4.69, 9.17) is 66.5 Å². The first kappa shape index (κ1) is 85.3. The molecule has 37 heteroatoms. The number of anilines is 1. The minimum absolute atomic E-state index is 0. The van der Waals surface area contributed by atoms with Crippen LogP contribution in [-0.4, -0.2) is 123 Å². The number of hydrogen-bond acceptors (Lipinski definition) is 23. The smallest absolute Gasteiger partial charge is 0.480 e. The summed E-state index contributed by atoms with van der Waals surface area (Å²) >= 11 is 27.1. The number of rotatable bonds is 18. The summed E-state index contributed by atoms with van der Waals surface area (Å²) in [4.78, 5) is 52.1. The Balaban J connectivity index is 0.000000211. The molecule has 0 unspecified atom stereocenters. The van der Waals surface area contributed by atoms with E-state index in [-0.39, 0.29) is 62.1 Å². The van der Waals surface area contributed by atoms with E-state index in [0.29, 0.717) is 22.9 Å². The molecule has 6 aromatic carbocycles. The monoisotopic (exact) mass is 1850 g/mol. The van der Waals surface area contributed by atoms with E-state index in [1.54, 1.807) is 46.3 Å². The van der Waals surface area contributed by atoms with Gasteiger partial charge in [0.05, 0.1) is 45.7 Å². The zero-order valence-corrected chi connectivity index (χ0v) is 66.7. The number of nitrogens with one attached hydrogen (secondary N) is 1. The summed E-state index contributed by atoms with van der Waals surface area (Å²) in [5, 5.41) is 63.4. The molecule has 0 spiro atoms. The van der Waals surface area contributed by atoms with Gasteiger partial charge in [0.1, 0.15) is 17.9 Å². The summed E-state index contributed by atoms with van der Waals surface area (Å²) in [5.41, 5.74) is 15.4. The van der Waals surface area contributed by atoms with Crippen molar-refractivity contribution in [2.45, 2.75) is 63.9 Å². The van der Waals surface area contributed by atoms with Crippen LogP contribution < -0.4 is 15.7 Å². The molecule has 6 N–H and O–H groups in total. The summed E-state index contributed by atoms with van der Waals surface area (Å²) in [7, 11) is 2.08.